The van der Waals surface area contributed by atoms with Crippen LogP contribution < -0.4 is 5.32 Å². The van der Waals surface area contributed by atoms with E-state index in [4.69, 9.17) is 4.52 Å². The van der Waals surface area contributed by atoms with Gasteiger partial charge in [-0.1, -0.05) is 23.4 Å². The van der Waals surface area contributed by atoms with Crippen LogP contribution in [0.3, 0.4) is 0 Å². The molecule has 0 bridgehead atoms. The highest BCUT2D eigenvalue weighted by Crippen LogP contribution is 2.24. The molecule has 102 valence electrons. The minimum Gasteiger partial charge on any atom is -0.351 e. The van der Waals surface area contributed by atoms with Crippen molar-refractivity contribution >= 4 is 17.5 Å². The van der Waals surface area contributed by atoms with Gasteiger partial charge in [0, 0.05) is 18.3 Å². The van der Waals surface area contributed by atoms with Gasteiger partial charge in [0.1, 0.15) is 6.04 Å². The Morgan fingerprint density at radius 2 is 2.20 bits per heavy atom. The lowest BCUT2D eigenvalue weighted by atomic mass is 10.1. The number of carbonyl (C=O) groups is 2. The molecule has 2 amide bonds. The second kappa shape index (κ2) is 4.80. The standard InChI is InChI=1S/C14H13N3O3/c1-9-13(18)16-11-5-3-2-4-10(11)8-17(9)14(19)12-6-7-15-20-12/h2-7,9H,8H2,1H3,(H,16,18). The molecule has 1 unspecified atom stereocenters. The van der Waals surface area contributed by atoms with Gasteiger partial charge >= 0.3 is 0 Å². The fourth-order valence-corrected chi connectivity index (χ4v) is 2.19. The fraction of sp³-hybridized carbons (Fsp3) is 0.214. The van der Waals surface area contributed by atoms with Crippen molar-refractivity contribution in [3.05, 3.63) is 47.9 Å². The fourth-order valence-electron chi connectivity index (χ4n) is 2.19. The Hall–Kier alpha value is -2.63. The number of hydrogen-bond acceptors (Lipinski definition) is 4. The Morgan fingerprint density at radius 3 is 2.95 bits per heavy atom. The number of amides is 2. The number of hydrogen-bond donors (Lipinski definition) is 1. The summed E-state index contributed by atoms with van der Waals surface area (Å²) in [5, 5.41) is 6.35. The van der Waals surface area contributed by atoms with E-state index in [9.17, 15) is 9.59 Å². The summed E-state index contributed by atoms with van der Waals surface area (Å²) < 4.78 is 4.89. The molecule has 1 atom stereocenters. The summed E-state index contributed by atoms with van der Waals surface area (Å²) in [6, 6.07) is 8.33. The van der Waals surface area contributed by atoms with Gasteiger partial charge in [-0.25, -0.2) is 0 Å². The molecule has 0 saturated carbocycles. The van der Waals surface area contributed by atoms with Crippen LogP contribution in [0.2, 0.25) is 0 Å². The van der Waals surface area contributed by atoms with Crippen molar-refractivity contribution in [3.63, 3.8) is 0 Å². The van der Waals surface area contributed by atoms with Gasteiger partial charge in [-0.15, -0.1) is 0 Å². The van der Waals surface area contributed by atoms with Crippen molar-refractivity contribution in [2.75, 3.05) is 5.32 Å². The number of nitrogens with one attached hydrogen (secondary N) is 1. The molecule has 1 aromatic carbocycles. The predicted molar refractivity (Wildman–Crippen MR) is 70.9 cm³/mol. The summed E-state index contributed by atoms with van der Waals surface area (Å²) in [7, 11) is 0. The first kappa shape index (κ1) is 12.4. The first-order chi connectivity index (χ1) is 9.66. The van der Waals surface area contributed by atoms with Crippen molar-refractivity contribution in [2.45, 2.75) is 19.5 Å². The van der Waals surface area contributed by atoms with E-state index in [0.29, 0.717) is 6.54 Å². The molecule has 0 radical (unpaired) electrons. The van der Waals surface area contributed by atoms with E-state index in [1.165, 1.54) is 17.2 Å². The Kier molecular flexibility index (Phi) is 2.98. The Bertz CT molecular complexity index is 651. The number of benzene rings is 1. The maximum atomic E-state index is 12.4. The minimum atomic E-state index is -0.583. The molecule has 2 heterocycles. The van der Waals surface area contributed by atoms with Gasteiger partial charge in [-0.2, -0.15) is 0 Å². The largest absolute Gasteiger partial charge is 0.351 e. The number of anilines is 1. The Balaban J connectivity index is 1.98. The van der Waals surface area contributed by atoms with Gasteiger partial charge in [0.05, 0.1) is 6.20 Å². The Labute approximate surface area is 115 Å². The van der Waals surface area contributed by atoms with E-state index >= 15 is 0 Å². The summed E-state index contributed by atoms with van der Waals surface area (Å²) in [5.41, 5.74) is 1.62. The van der Waals surface area contributed by atoms with Crippen LogP contribution in [0.25, 0.3) is 0 Å². The van der Waals surface area contributed by atoms with E-state index in [0.717, 1.165) is 11.3 Å². The third-order valence-corrected chi connectivity index (χ3v) is 3.37. The molecule has 1 aliphatic heterocycles. The third kappa shape index (κ3) is 2.05. The highest BCUT2D eigenvalue weighted by atomic mass is 16.5. The van der Waals surface area contributed by atoms with Crippen LogP contribution in [0.4, 0.5) is 5.69 Å². The van der Waals surface area contributed by atoms with E-state index in [-0.39, 0.29) is 17.6 Å². The van der Waals surface area contributed by atoms with Crippen LogP contribution in [-0.4, -0.2) is 27.9 Å². The molecular weight excluding hydrogens is 258 g/mol. The van der Waals surface area contributed by atoms with Gasteiger partial charge in [0.25, 0.3) is 5.91 Å². The molecule has 3 rings (SSSR count). The molecule has 20 heavy (non-hydrogen) atoms. The zero-order valence-electron chi connectivity index (χ0n) is 10.9. The number of para-hydroxylation sites is 1. The molecule has 0 aliphatic carbocycles. The lowest BCUT2D eigenvalue weighted by molar-refractivity contribution is -0.120. The second-order valence-corrected chi connectivity index (χ2v) is 4.63. The van der Waals surface area contributed by atoms with Gasteiger partial charge in [0.15, 0.2) is 0 Å². The van der Waals surface area contributed by atoms with Crippen molar-refractivity contribution in [1.82, 2.24) is 10.1 Å². The van der Waals surface area contributed by atoms with E-state index in [1.807, 2.05) is 24.3 Å². The predicted octanol–water partition coefficient (Wildman–Crippen LogP) is 1.66. The van der Waals surface area contributed by atoms with Crippen molar-refractivity contribution < 1.29 is 14.1 Å². The number of rotatable bonds is 1. The first-order valence-corrected chi connectivity index (χ1v) is 6.27. The lowest BCUT2D eigenvalue weighted by Crippen LogP contribution is -2.43. The quantitative estimate of drug-likeness (QED) is 0.855. The van der Waals surface area contributed by atoms with E-state index in [2.05, 4.69) is 10.5 Å². The molecule has 1 aliphatic rings. The molecule has 1 N–H and O–H groups in total. The summed E-state index contributed by atoms with van der Waals surface area (Å²) in [5.74, 6) is -0.436. The highest BCUT2D eigenvalue weighted by Gasteiger charge is 2.32. The van der Waals surface area contributed by atoms with Crippen LogP contribution in [0.1, 0.15) is 23.0 Å². The van der Waals surface area contributed by atoms with Crippen molar-refractivity contribution in [3.8, 4) is 0 Å². The number of aromatic nitrogens is 1. The minimum absolute atomic E-state index is 0.129. The third-order valence-electron chi connectivity index (χ3n) is 3.37. The van der Waals surface area contributed by atoms with Gasteiger partial charge in [-0.05, 0) is 18.6 Å². The second-order valence-electron chi connectivity index (χ2n) is 4.63. The molecule has 2 aromatic rings. The van der Waals surface area contributed by atoms with Crippen molar-refractivity contribution in [2.24, 2.45) is 0 Å². The van der Waals surface area contributed by atoms with Crippen LogP contribution in [0, 0.1) is 0 Å². The molecule has 6 heteroatoms. The maximum absolute atomic E-state index is 12.4. The van der Waals surface area contributed by atoms with Crippen LogP contribution >= 0.6 is 0 Å². The topological polar surface area (TPSA) is 75.4 Å². The molecular formula is C14H13N3O3. The molecule has 6 nitrogen and oxygen atoms in total. The molecule has 0 fully saturated rings. The average Bonchev–Trinajstić information content (AvgIpc) is 2.95. The van der Waals surface area contributed by atoms with Crippen LogP contribution in [0.5, 0.6) is 0 Å². The first-order valence-electron chi connectivity index (χ1n) is 6.27. The summed E-state index contributed by atoms with van der Waals surface area (Å²) in [6.45, 7) is 2.03. The van der Waals surface area contributed by atoms with Crippen molar-refractivity contribution in [1.29, 1.82) is 0 Å². The highest BCUT2D eigenvalue weighted by molar-refractivity contribution is 6.01. The zero-order valence-corrected chi connectivity index (χ0v) is 10.9. The number of fused-ring (bicyclic) bond motifs is 1. The number of carbonyl (C=O) groups excluding carboxylic acids is 2. The normalized spacial score (nSPS) is 18.1. The lowest BCUT2D eigenvalue weighted by Gasteiger charge is -2.24. The Morgan fingerprint density at radius 1 is 1.40 bits per heavy atom. The van der Waals surface area contributed by atoms with Crippen LogP contribution in [0.15, 0.2) is 41.1 Å². The van der Waals surface area contributed by atoms with Gasteiger partial charge < -0.3 is 14.7 Å². The van der Waals surface area contributed by atoms with Gasteiger partial charge in [-0.3, -0.25) is 9.59 Å². The summed E-state index contributed by atoms with van der Waals surface area (Å²) in [6.07, 6.45) is 1.41. The molecule has 0 spiro atoms. The summed E-state index contributed by atoms with van der Waals surface area (Å²) in [4.78, 5) is 26.0. The molecule has 0 saturated heterocycles. The zero-order chi connectivity index (χ0) is 14.1. The van der Waals surface area contributed by atoms with E-state index < -0.39 is 6.04 Å². The average molecular weight is 271 g/mol. The summed E-state index contributed by atoms with van der Waals surface area (Å²) >= 11 is 0. The monoisotopic (exact) mass is 271 g/mol. The molecule has 1 aromatic heterocycles. The maximum Gasteiger partial charge on any atom is 0.293 e. The van der Waals surface area contributed by atoms with Crippen LogP contribution in [-0.2, 0) is 11.3 Å². The van der Waals surface area contributed by atoms with E-state index in [1.54, 1.807) is 6.92 Å². The van der Waals surface area contributed by atoms with Gasteiger partial charge in [0.2, 0.25) is 11.7 Å². The SMILES string of the molecule is CC1C(=O)Nc2ccccc2CN1C(=O)c1ccno1. The smallest absolute Gasteiger partial charge is 0.293 e. The number of nitrogens with zero attached hydrogens (tertiary/aromatic N) is 2.